The van der Waals surface area contributed by atoms with Crippen LogP contribution in [0.5, 0.6) is 0 Å². The normalized spacial score (nSPS) is 12.4. The maximum absolute atomic E-state index is 12.4. The molecule has 1 fully saturated rings. The van der Waals surface area contributed by atoms with Gasteiger partial charge in [-0.3, -0.25) is 4.98 Å². The Bertz CT molecular complexity index is 2190. The number of aromatic nitrogens is 1. The van der Waals surface area contributed by atoms with Crippen LogP contribution in [0.4, 0.5) is 5.69 Å². The van der Waals surface area contributed by atoms with Gasteiger partial charge in [-0.25, -0.2) is 4.79 Å². The first-order valence-electron chi connectivity index (χ1n) is 16.1. The highest BCUT2D eigenvalue weighted by atomic mass is 16.5. The van der Waals surface area contributed by atoms with Gasteiger partial charge in [-0.1, -0.05) is 121 Å². The molecule has 0 unspecified atom stereocenters. The number of carbonyl (C=O) groups excluding carboxylic acids is 1. The van der Waals surface area contributed by atoms with Gasteiger partial charge in [0.2, 0.25) is 0 Å². The third-order valence-electron chi connectivity index (χ3n) is 8.84. The number of nitrogens with zero attached hydrogens (tertiary/aromatic N) is 1. The highest BCUT2D eigenvalue weighted by Gasteiger charge is 2.26. The average molecular weight is 613 g/mol. The number of hydrogen-bond donors (Lipinski definition) is 1. The summed E-state index contributed by atoms with van der Waals surface area (Å²) in [6.45, 7) is 0. The monoisotopic (exact) mass is 612 g/mol. The molecule has 6 aromatic carbocycles. The van der Waals surface area contributed by atoms with Crippen molar-refractivity contribution in [2.45, 2.75) is 25.2 Å². The first kappa shape index (κ1) is 29.9. The molecule has 1 aliphatic rings. The number of anilines is 1. The molecule has 47 heavy (non-hydrogen) atoms. The number of hydrogen-bond acceptors (Lipinski definition) is 4. The van der Waals surface area contributed by atoms with E-state index in [9.17, 15) is 4.79 Å². The van der Waals surface area contributed by atoms with Crippen molar-refractivity contribution < 1.29 is 9.53 Å². The molecule has 230 valence electrons. The number of benzene rings is 6. The molecule has 8 rings (SSSR count). The van der Waals surface area contributed by atoms with E-state index in [1.54, 1.807) is 0 Å². The van der Waals surface area contributed by atoms with Crippen molar-refractivity contribution in [1.82, 2.24) is 4.98 Å². The maximum Gasteiger partial charge on any atom is 0.339 e. The summed E-state index contributed by atoms with van der Waals surface area (Å²) >= 11 is 0. The summed E-state index contributed by atoms with van der Waals surface area (Å²) in [6.07, 6.45) is 4.88. The predicted octanol–water partition coefficient (Wildman–Crippen LogP) is 10.2. The van der Waals surface area contributed by atoms with Crippen LogP contribution in [0.25, 0.3) is 43.8 Å². The van der Waals surface area contributed by atoms with Gasteiger partial charge in [-0.05, 0) is 91.9 Å². The van der Waals surface area contributed by atoms with Gasteiger partial charge in [0.15, 0.2) is 0 Å². The fraction of sp³-hybridized carbons (Fsp3) is 0.116. The third-order valence-corrected chi connectivity index (χ3v) is 8.84. The van der Waals surface area contributed by atoms with Crippen molar-refractivity contribution in [2.24, 2.45) is 0 Å². The lowest BCUT2D eigenvalue weighted by Crippen LogP contribution is -2.09. The van der Waals surface area contributed by atoms with E-state index in [1.165, 1.54) is 63.8 Å². The van der Waals surface area contributed by atoms with Gasteiger partial charge in [0.1, 0.15) is 0 Å². The van der Waals surface area contributed by atoms with Crippen LogP contribution >= 0.6 is 0 Å². The van der Waals surface area contributed by atoms with E-state index in [2.05, 4.69) is 114 Å². The molecule has 1 saturated carbocycles. The second-order valence-corrected chi connectivity index (χ2v) is 12.1. The fourth-order valence-electron chi connectivity index (χ4n) is 6.25. The number of pyridine rings is 1. The molecule has 7 aromatic rings. The van der Waals surface area contributed by atoms with E-state index >= 15 is 0 Å². The van der Waals surface area contributed by atoms with Crippen molar-refractivity contribution in [3.63, 3.8) is 0 Å². The number of carbonyl (C=O) groups is 1. The lowest BCUT2D eigenvalue weighted by atomic mass is 9.95. The minimum absolute atomic E-state index is 0.313. The van der Waals surface area contributed by atoms with E-state index < -0.39 is 0 Å². The molecule has 0 spiro atoms. The average Bonchev–Trinajstić information content (AvgIpc) is 3.98. The zero-order chi connectivity index (χ0) is 32.2. The van der Waals surface area contributed by atoms with Gasteiger partial charge < -0.3 is 10.5 Å². The van der Waals surface area contributed by atoms with Crippen molar-refractivity contribution in [3.8, 4) is 22.3 Å². The summed E-state index contributed by atoms with van der Waals surface area (Å²) in [5.41, 5.74) is 15.2. The quantitative estimate of drug-likeness (QED) is 0.150. The summed E-state index contributed by atoms with van der Waals surface area (Å²) in [4.78, 5) is 17.0. The molecular formula is C43H36N2O2. The standard InChI is InChI=1S/C27H23NO2.C16H13N/c1-30-27(29)25-16-22(19-11-12-19)17-28-26(25)15-18-10-13-24-21(14-18)8-5-9-23(24)20-6-3-2-4-7-20;17-14-9-10-16-13(11-14)7-4-8-15(16)12-5-2-1-3-6-12/h2-10,13-14,16-17,19H,11-12,15H2,1H3;1-11H,17H2. The van der Waals surface area contributed by atoms with Crippen molar-refractivity contribution in [3.05, 3.63) is 168 Å². The molecule has 1 heterocycles. The van der Waals surface area contributed by atoms with Crippen LogP contribution in [0, 0.1) is 0 Å². The number of methoxy groups -OCH3 is 1. The van der Waals surface area contributed by atoms with E-state index in [0.717, 1.165) is 22.5 Å². The van der Waals surface area contributed by atoms with E-state index in [0.29, 0.717) is 17.9 Å². The van der Waals surface area contributed by atoms with Gasteiger partial charge in [0.05, 0.1) is 18.4 Å². The summed E-state index contributed by atoms with van der Waals surface area (Å²) in [5.74, 6) is 0.235. The molecule has 0 bridgehead atoms. The molecule has 0 saturated heterocycles. The lowest BCUT2D eigenvalue weighted by molar-refractivity contribution is 0.0599. The maximum atomic E-state index is 12.4. The van der Waals surface area contributed by atoms with E-state index in [-0.39, 0.29) is 5.97 Å². The minimum atomic E-state index is -0.313. The second kappa shape index (κ2) is 13.3. The zero-order valence-electron chi connectivity index (χ0n) is 26.4. The van der Waals surface area contributed by atoms with Crippen molar-refractivity contribution in [2.75, 3.05) is 12.8 Å². The number of ether oxygens (including phenoxy) is 1. The Labute approximate surface area is 275 Å². The molecule has 1 aromatic heterocycles. The van der Waals surface area contributed by atoms with Crippen LogP contribution in [0.1, 0.15) is 45.9 Å². The van der Waals surface area contributed by atoms with Crippen molar-refractivity contribution >= 4 is 33.2 Å². The summed E-state index contributed by atoms with van der Waals surface area (Å²) < 4.78 is 5.03. The molecule has 0 amide bonds. The van der Waals surface area contributed by atoms with Crippen LogP contribution in [-0.4, -0.2) is 18.1 Å². The SMILES string of the molecule is COC(=O)c1cc(C2CC2)cnc1Cc1ccc2c(-c3ccccc3)cccc2c1.Nc1ccc2c(-c3ccccc3)cccc2c1. The Hall–Kier alpha value is -5.74. The van der Waals surface area contributed by atoms with Gasteiger partial charge in [-0.15, -0.1) is 0 Å². The Morgan fingerprint density at radius 1 is 0.702 bits per heavy atom. The molecule has 2 N–H and O–H groups in total. The number of esters is 1. The highest BCUT2D eigenvalue weighted by molar-refractivity contribution is 5.98. The number of nitrogens with two attached hydrogens (primary N) is 1. The minimum Gasteiger partial charge on any atom is -0.465 e. The number of nitrogen functional groups attached to an aromatic ring is 1. The third kappa shape index (κ3) is 6.63. The first-order chi connectivity index (χ1) is 23.1. The second-order valence-electron chi connectivity index (χ2n) is 12.1. The van der Waals surface area contributed by atoms with E-state index in [4.69, 9.17) is 10.5 Å². The molecular weight excluding hydrogens is 576 g/mol. The summed E-state index contributed by atoms with van der Waals surface area (Å²) in [7, 11) is 1.43. The molecule has 1 aliphatic carbocycles. The Balaban J connectivity index is 0.000000174. The van der Waals surface area contributed by atoms with Crippen LogP contribution in [0.3, 0.4) is 0 Å². The Morgan fingerprint density at radius 3 is 1.89 bits per heavy atom. The topological polar surface area (TPSA) is 65.2 Å². The lowest BCUT2D eigenvalue weighted by Gasteiger charge is -2.11. The summed E-state index contributed by atoms with van der Waals surface area (Å²) in [5, 5.41) is 4.83. The van der Waals surface area contributed by atoms with Crippen LogP contribution in [0.15, 0.2) is 146 Å². The van der Waals surface area contributed by atoms with Crippen LogP contribution in [0.2, 0.25) is 0 Å². The first-order valence-corrected chi connectivity index (χ1v) is 16.1. The fourth-order valence-corrected chi connectivity index (χ4v) is 6.25. The molecule has 4 nitrogen and oxygen atoms in total. The van der Waals surface area contributed by atoms with Gasteiger partial charge in [0, 0.05) is 18.3 Å². The molecule has 0 radical (unpaired) electrons. The van der Waals surface area contributed by atoms with E-state index in [1.807, 2.05) is 36.5 Å². The zero-order valence-corrected chi connectivity index (χ0v) is 26.4. The Morgan fingerprint density at radius 2 is 1.30 bits per heavy atom. The largest absolute Gasteiger partial charge is 0.465 e. The Kier molecular flexibility index (Phi) is 8.48. The smallest absolute Gasteiger partial charge is 0.339 e. The molecule has 4 heteroatoms. The number of fused-ring (bicyclic) bond motifs is 2. The molecule has 0 atom stereocenters. The highest BCUT2D eigenvalue weighted by Crippen LogP contribution is 2.40. The van der Waals surface area contributed by atoms with Gasteiger partial charge in [0.25, 0.3) is 0 Å². The molecule has 0 aliphatic heterocycles. The van der Waals surface area contributed by atoms with Crippen LogP contribution in [-0.2, 0) is 11.2 Å². The predicted molar refractivity (Wildman–Crippen MR) is 194 cm³/mol. The van der Waals surface area contributed by atoms with Gasteiger partial charge in [-0.2, -0.15) is 0 Å². The van der Waals surface area contributed by atoms with Gasteiger partial charge >= 0.3 is 5.97 Å². The summed E-state index contributed by atoms with van der Waals surface area (Å²) in [6, 6.07) is 48.1. The van der Waals surface area contributed by atoms with Crippen LogP contribution < -0.4 is 5.73 Å². The number of rotatable bonds is 6. The van der Waals surface area contributed by atoms with Crippen molar-refractivity contribution in [1.29, 1.82) is 0 Å².